The molecule has 0 saturated carbocycles. The van der Waals surface area contributed by atoms with Crippen molar-refractivity contribution in [2.75, 3.05) is 0 Å². The molecule has 0 aliphatic carbocycles. The topological polar surface area (TPSA) is 49.4 Å². The van der Waals surface area contributed by atoms with Gasteiger partial charge in [-0.1, -0.05) is 37.3 Å². The molecule has 0 radical (unpaired) electrons. The van der Waals surface area contributed by atoms with Gasteiger partial charge in [-0.15, -0.1) is 0 Å². The van der Waals surface area contributed by atoms with Crippen LogP contribution in [0.4, 0.5) is 0 Å². The van der Waals surface area contributed by atoms with Gasteiger partial charge < -0.3 is 10.2 Å². The van der Waals surface area contributed by atoms with E-state index in [4.69, 9.17) is 0 Å². The molecule has 1 aromatic rings. The SMILES string of the molecule is CCC1(C)NC(=O)C(C)N(C(C)c2ccccc2)C1=O. The van der Waals surface area contributed by atoms with Gasteiger partial charge in [-0.3, -0.25) is 9.59 Å². The van der Waals surface area contributed by atoms with E-state index < -0.39 is 11.6 Å². The lowest BCUT2D eigenvalue weighted by Gasteiger charge is -2.45. The Balaban J connectivity index is 2.37. The van der Waals surface area contributed by atoms with E-state index in [1.54, 1.807) is 18.7 Å². The average Bonchev–Trinajstić information content (AvgIpc) is 2.46. The highest BCUT2D eigenvalue weighted by Gasteiger charge is 2.47. The van der Waals surface area contributed by atoms with Crippen molar-refractivity contribution in [3.05, 3.63) is 35.9 Å². The van der Waals surface area contributed by atoms with Crippen molar-refractivity contribution in [2.45, 2.75) is 51.7 Å². The second kappa shape index (κ2) is 5.27. The van der Waals surface area contributed by atoms with E-state index >= 15 is 0 Å². The van der Waals surface area contributed by atoms with E-state index in [-0.39, 0.29) is 17.9 Å². The summed E-state index contributed by atoms with van der Waals surface area (Å²) in [5.41, 5.74) is 0.243. The van der Waals surface area contributed by atoms with Crippen LogP contribution in [0.3, 0.4) is 0 Å². The minimum atomic E-state index is -0.799. The smallest absolute Gasteiger partial charge is 0.249 e. The lowest BCUT2D eigenvalue weighted by molar-refractivity contribution is -0.156. The van der Waals surface area contributed by atoms with E-state index in [2.05, 4.69) is 5.32 Å². The van der Waals surface area contributed by atoms with Crippen molar-refractivity contribution in [2.24, 2.45) is 0 Å². The van der Waals surface area contributed by atoms with Crippen LogP contribution < -0.4 is 5.32 Å². The van der Waals surface area contributed by atoms with Gasteiger partial charge in [0.1, 0.15) is 11.6 Å². The predicted octanol–water partition coefficient (Wildman–Crippen LogP) is 2.26. The van der Waals surface area contributed by atoms with Gasteiger partial charge in [0.25, 0.3) is 0 Å². The highest BCUT2D eigenvalue weighted by atomic mass is 16.2. The Morgan fingerprint density at radius 1 is 1.30 bits per heavy atom. The standard InChI is InChI=1S/C16H22N2O2/c1-5-16(4)15(20)18(12(3)14(19)17-16)11(2)13-9-7-6-8-10-13/h6-12H,5H2,1-4H3,(H,17,19). The fourth-order valence-corrected chi connectivity index (χ4v) is 2.66. The van der Waals surface area contributed by atoms with Gasteiger partial charge in [-0.05, 0) is 32.8 Å². The first-order valence-corrected chi connectivity index (χ1v) is 7.10. The van der Waals surface area contributed by atoms with Gasteiger partial charge in [0, 0.05) is 0 Å². The third-order valence-electron chi connectivity index (χ3n) is 4.31. The van der Waals surface area contributed by atoms with Crippen LogP contribution in [0.2, 0.25) is 0 Å². The summed E-state index contributed by atoms with van der Waals surface area (Å²) in [6.07, 6.45) is 0.586. The molecular weight excluding hydrogens is 252 g/mol. The minimum Gasteiger partial charge on any atom is -0.340 e. The molecule has 4 heteroatoms. The van der Waals surface area contributed by atoms with Gasteiger partial charge in [0.05, 0.1) is 6.04 Å². The van der Waals surface area contributed by atoms with Gasteiger partial charge >= 0.3 is 0 Å². The van der Waals surface area contributed by atoms with Crippen molar-refractivity contribution >= 4 is 11.8 Å². The molecule has 1 saturated heterocycles. The third kappa shape index (κ3) is 2.30. The molecule has 0 aromatic heterocycles. The van der Waals surface area contributed by atoms with Gasteiger partial charge in [-0.25, -0.2) is 0 Å². The number of hydrogen-bond acceptors (Lipinski definition) is 2. The van der Waals surface area contributed by atoms with Crippen molar-refractivity contribution in [1.82, 2.24) is 10.2 Å². The number of amides is 2. The summed E-state index contributed by atoms with van der Waals surface area (Å²) in [4.78, 5) is 26.6. The van der Waals surface area contributed by atoms with Gasteiger partial charge in [0.15, 0.2) is 0 Å². The summed E-state index contributed by atoms with van der Waals surface area (Å²) in [5, 5.41) is 2.85. The number of nitrogens with zero attached hydrogens (tertiary/aromatic N) is 1. The maximum Gasteiger partial charge on any atom is 0.249 e. The fraction of sp³-hybridized carbons (Fsp3) is 0.500. The molecule has 108 valence electrons. The molecular formula is C16H22N2O2. The summed E-state index contributed by atoms with van der Waals surface area (Å²) in [5.74, 6) is -0.0971. The molecule has 2 amide bonds. The maximum absolute atomic E-state index is 12.8. The zero-order valence-corrected chi connectivity index (χ0v) is 12.5. The number of nitrogens with one attached hydrogen (secondary N) is 1. The Labute approximate surface area is 120 Å². The van der Waals surface area contributed by atoms with Crippen molar-refractivity contribution in [1.29, 1.82) is 0 Å². The first kappa shape index (κ1) is 14.6. The van der Waals surface area contributed by atoms with E-state index in [0.717, 1.165) is 5.56 Å². The molecule has 1 fully saturated rings. The summed E-state index contributed by atoms with van der Waals surface area (Å²) >= 11 is 0. The highest BCUT2D eigenvalue weighted by molar-refractivity contribution is 5.99. The van der Waals surface area contributed by atoms with Crippen LogP contribution >= 0.6 is 0 Å². The first-order valence-electron chi connectivity index (χ1n) is 7.10. The molecule has 20 heavy (non-hydrogen) atoms. The molecule has 1 aliphatic heterocycles. The Morgan fingerprint density at radius 2 is 1.90 bits per heavy atom. The molecule has 0 bridgehead atoms. The minimum absolute atomic E-state index is 0.0107. The number of hydrogen-bond donors (Lipinski definition) is 1. The molecule has 1 aromatic carbocycles. The summed E-state index contributed by atoms with van der Waals surface area (Å²) in [6.45, 7) is 7.46. The number of carbonyl (C=O) groups excluding carboxylic acids is 2. The average molecular weight is 274 g/mol. The van der Waals surface area contributed by atoms with Crippen molar-refractivity contribution in [3.8, 4) is 0 Å². The van der Waals surface area contributed by atoms with Crippen LogP contribution in [0, 0.1) is 0 Å². The first-order chi connectivity index (χ1) is 9.40. The van der Waals surface area contributed by atoms with Crippen LogP contribution in [0.15, 0.2) is 30.3 Å². The molecule has 1 N–H and O–H groups in total. The number of piperazine rings is 1. The molecule has 3 unspecified atom stereocenters. The number of rotatable bonds is 3. The van der Waals surface area contributed by atoms with Crippen LogP contribution in [0.5, 0.6) is 0 Å². The number of benzene rings is 1. The molecule has 1 heterocycles. The van der Waals surface area contributed by atoms with Crippen LogP contribution in [-0.2, 0) is 9.59 Å². The van der Waals surface area contributed by atoms with Crippen LogP contribution in [0.1, 0.15) is 45.7 Å². The maximum atomic E-state index is 12.8. The summed E-state index contributed by atoms with van der Waals surface area (Å²) < 4.78 is 0. The second-order valence-electron chi connectivity index (χ2n) is 5.65. The second-order valence-corrected chi connectivity index (χ2v) is 5.65. The Kier molecular flexibility index (Phi) is 3.84. The molecule has 0 spiro atoms. The van der Waals surface area contributed by atoms with Crippen LogP contribution in [0.25, 0.3) is 0 Å². The summed E-state index contributed by atoms with van der Waals surface area (Å²) in [6, 6.07) is 9.25. The quantitative estimate of drug-likeness (QED) is 0.919. The molecule has 2 rings (SSSR count). The monoisotopic (exact) mass is 274 g/mol. The van der Waals surface area contributed by atoms with E-state index in [1.165, 1.54) is 0 Å². The largest absolute Gasteiger partial charge is 0.340 e. The lowest BCUT2D eigenvalue weighted by Crippen LogP contribution is -2.68. The van der Waals surface area contributed by atoms with E-state index in [0.29, 0.717) is 6.42 Å². The lowest BCUT2D eigenvalue weighted by atomic mass is 9.90. The zero-order valence-electron chi connectivity index (χ0n) is 12.5. The Hall–Kier alpha value is -1.84. The van der Waals surface area contributed by atoms with Crippen molar-refractivity contribution in [3.63, 3.8) is 0 Å². The molecule has 4 nitrogen and oxygen atoms in total. The van der Waals surface area contributed by atoms with Gasteiger partial charge in [-0.2, -0.15) is 0 Å². The number of carbonyl (C=O) groups is 2. The highest BCUT2D eigenvalue weighted by Crippen LogP contribution is 2.30. The molecule has 3 atom stereocenters. The zero-order chi connectivity index (χ0) is 14.9. The van der Waals surface area contributed by atoms with Gasteiger partial charge in [0.2, 0.25) is 11.8 Å². The van der Waals surface area contributed by atoms with E-state index in [1.807, 2.05) is 44.2 Å². The fourth-order valence-electron chi connectivity index (χ4n) is 2.66. The Morgan fingerprint density at radius 3 is 2.45 bits per heavy atom. The Bertz CT molecular complexity index is 514. The van der Waals surface area contributed by atoms with Crippen molar-refractivity contribution < 1.29 is 9.59 Å². The predicted molar refractivity (Wildman–Crippen MR) is 78.0 cm³/mol. The normalized spacial score (nSPS) is 28.2. The summed E-state index contributed by atoms with van der Waals surface area (Å²) in [7, 11) is 0. The van der Waals surface area contributed by atoms with Crippen LogP contribution in [-0.4, -0.2) is 28.3 Å². The van der Waals surface area contributed by atoms with E-state index in [9.17, 15) is 9.59 Å². The molecule has 1 aliphatic rings. The third-order valence-corrected chi connectivity index (χ3v) is 4.31.